The topological polar surface area (TPSA) is 99.2 Å². The molecule has 0 bridgehead atoms. The van der Waals surface area contributed by atoms with Crippen molar-refractivity contribution in [3.8, 4) is 0 Å². The van der Waals surface area contributed by atoms with Crippen LogP contribution in [0.15, 0.2) is 0 Å². The Morgan fingerprint density at radius 2 is 1.78 bits per heavy atom. The second kappa shape index (κ2) is 7.66. The largest absolute Gasteiger partial charge is 0.449 e. The van der Waals surface area contributed by atoms with E-state index in [2.05, 4.69) is 5.32 Å². The van der Waals surface area contributed by atoms with Crippen molar-refractivity contribution in [1.82, 2.24) is 15.1 Å². The summed E-state index contributed by atoms with van der Waals surface area (Å²) < 4.78 is 4.81. The average Bonchev–Trinajstić information content (AvgIpc) is 3.11. The highest BCUT2D eigenvalue weighted by Gasteiger charge is 2.44. The Kier molecular flexibility index (Phi) is 5.65. The lowest BCUT2D eigenvalue weighted by Crippen LogP contribution is -2.52. The van der Waals surface area contributed by atoms with Crippen LogP contribution in [0.5, 0.6) is 0 Å². The number of hydrogen-bond donors (Lipinski definition) is 2. The third kappa shape index (κ3) is 4.91. The maximum atomic E-state index is 12.6. The maximum Gasteiger partial charge on any atom is 0.407 e. The predicted octanol–water partition coefficient (Wildman–Crippen LogP) is 0.589. The first-order chi connectivity index (χ1) is 12.6. The van der Waals surface area contributed by atoms with E-state index >= 15 is 0 Å². The first-order valence-electron chi connectivity index (χ1n) is 9.80. The summed E-state index contributed by atoms with van der Waals surface area (Å²) in [6, 6.07) is -0.504. The number of rotatable bonds is 4. The molecule has 3 fully saturated rings. The van der Waals surface area contributed by atoms with E-state index < -0.39 is 18.2 Å². The van der Waals surface area contributed by atoms with Crippen LogP contribution < -0.4 is 5.32 Å². The lowest BCUT2D eigenvalue weighted by molar-refractivity contribution is -0.134. The Labute approximate surface area is 160 Å². The number of carbonyl (C=O) groups is 3. The number of nitrogens with zero attached hydrogens (tertiary/aromatic N) is 2. The van der Waals surface area contributed by atoms with E-state index in [1.54, 1.807) is 0 Å². The molecule has 3 aliphatic rings. The van der Waals surface area contributed by atoms with E-state index in [4.69, 9.17) is 4.74 Å². The van der Waals surface area contributed by atoms with E-state index in [0.717, 1.165) is 0 Å². The molecule has 0 saturated carbocycles. The van der Waals surface area contributed by atoms with Crippen molar-refractivity contribution < 1.29 is 24.2 Å². The van der Waals surface area contributed by atoms with Crippen LogP contribution in [-0.2, 0) is 14.3 Å². The molecule has 3 heterocycles. The van der Waals surface area contributed by atoms with Crippen molar-refractivity contribution >= 4 is 17.9 Å². The fraction of sp³-hybridized carbons (Fsp3) is 0.842. The van der Waals surface area contributed by atoms with Gasteiger partial charge in [-0.15, -0.1) is 0 Å². The van der Waals surface area contributed by atoms with Crippen LogP contribution in [0, 0.1) is 17.3 Å². The molecule has 0 aliphatic carbocycles. The Morgan fingerprint density at radius 3 is 2.33 bits per heavy atom. The monoisotopic (exact) mass is 381 g/mol. The summed E-state index contributed by atoms with van der Waals surface area (Å²) in [6.45, 7) is 8.91. The molecule has 152 valence electrons. The Balaban J connectivity index is 1.47. The van der Waals surface area contributed by atoms with Crippen LogP contribution in [0.1, 0.15) is 40.0 Å². The first-order valence-corrected chi connectivity index (χ1v) is 9.80. The number of cyclic esters (lactones) is 1. The number of likely N-dealkylation sites (tertiary alicyclic amines) is 2. The smallest absolute Gasteiger partial charge is 0.407 e. The number of carbonyl (C=O) groups excluding carboxylic acids is 3. The van der Waals surface area contributed by atoms with Crippen LogP contribution in [-0.4, -0.2) is 77.7 Å². The molecule has 0 spiro atoms. The van der Waals surface area contributed by atoms with E-state index in [9.17, 15) is 19.5 Å². The molecule has 3 aliphatic heterocycles. The summed E-state index contributed by atoms with van der Waals surface area (Å²) in [4.78, 5) is 40.1. The van der Waals surface area contributed by atoms with Gasteiger partial charge in [0.1, 0.15) is 6.04 Å². The van der Waals surface area contributed by atoms with Crippen molar-refractivity contribution in [2.75, 3.05) is 32.8 Å². The zero-order chi connectivity index (χ0) is 19.8. The summed E-state index contributed by atoms with van der Waals surface area (Å²) in [5.41, 5.74) is -0.0122. The highest BCUT2D eigenvalue weighted by Crippen LogP contribution is 2.32. The Morgan fingerprint density at radius 1 is 1.19 bits per heavy atom. The number of fused-ring (bicyclic) bond motifs is 1. The molecule has 0 aromatic heterocycles. The van der Waals surface area contributed by atoms with Crippen LogP contribution >= 0.6 is 0 Å². The minimum atomic E-state index is -0.617. The molecule has 8 heteroatoms. The molecular weight excluding hydrogens is 350 g/mol. The lowest BCUT2D eigenvalue weighted by atomic mass is 9.88. The van der Waals surface area contributed by atoms with Gasteiger partial charge in [0.2, 0.25) is 11.8 Å². The summed E-state index contributed by atoms with van der Waals surface area (Å²) in [6.07, 6.45) is 0.0938. The van der Waals surface area contributed by atoms with Crippen molar-refractivity contribution in [3.63, 3.8) is 0 Å². The molecular formula is C19H31N3O5. The fourth-order valence-electron chi connectivity index (χ4n) is 4.42. The Bertz CT molecular complexity index is 589. The van der Waals surface area contributed by atoms with Crippen LogP contribution in [0.4, 0.5) is 4.79 Å². The van der Waals surface area contributed by atoms with Gasteiger partial charge in [-0.05, 0) is 11.8 Å². The average molecular weight is 381 g/mol. The highest BCUT2D eigenvalue weighted by atomic mass is 16.6. The van der Waals surface area contributed by atoms with Crippen molar-refractivity contribution in [1.29, 1.82) is 0 Å². The quantitative estimate of drug-likeness (QED) is 0.743. The molecule has 2 N–H and O–H groups in total. The number of nitrogens with one attached hydrogen (secondary N) is 1. The van der Waals surface area contributed by atoms with Gasteiger partial charge in [-0.1, -0.05) is 20.8 Å². The van der Waals surface area contributed by atoms with Gasteiger partial charge in [-0.3, -0.25) is 9.59 Å². The number of aliphatic hydroxyl groups excluding tert-OH is 1. The second-order valence-corrected chi connectivity index (χ2v) is 9.31. The van der Waals surface area contributed by atoms with E-state index in [0.29, 0.717) is 39.0 Å². The van der Waals surface area contributed by atoms with Gasteiger partial charge in [0.15, 0.2) is 0 Å². The van der Waals surface area contributed by atoms with Crippen molar-refractivity contribution in [2.24, 2.45) is 17.3 Å². The van der Waals surface area contributed by atoms with E-state index in [-0.39, 0.29) is 42.1 Å². The molecule has 8 nitrogen and oxygen atoms in total. The number of hydrogen-bond acceptors (Lipinski definition) is 5. The molecule has 0 aromatic carbocycles. The molecule has 3 rings (SSSR count). The number of alkyl carbamates (subject to hydrolysis) is 1. The standard InChI is InChI=1S/C19H31N3O5/c1-19(2,3)7-14(23)6-16(24)21-8-12-10-22(11-13(12)9-21)17(25)15-4-5-27-18(26)20-15/h12-15,23H,4-11H2,1-3H3,(H,20,26)/t12-,13+,14?,15-/m0/s1. The zero-order valence-electron chi connectivity index (χ0n) is 16.4. The minimum Gasteiger partial charge on any atom is -0.449 e. The molecule has 0 radical (unpaired) electrons. The maximum absolute atomic E-state index is 12.6. The first kappa shape index (κ1) is 19.9. The third-order valence-electron chi connectivity index (χ3n) is 5.64. The van der Waals surface area contributed by atoms with Gasteiger partial charge in [-0.25, -0.2) is 4.79 Å². The third-order valence-corrected chi connectivity index (χ3v) is 5.64. The zero-order valence-corrected chi connectivity index (χ0v) is 16.4. The minimum absolute atomic E-state index is 0.00396. The molecule has 3 saturated heterocycles. The van der Waals surface area contributed by atoms with Crippen molar-refractivity contribution in [3.05, 3.63) is 0 Å². The fourth-order valence-corrected chi connectivity index (χ4v) is 4.42. The normalized spacial score (nSPS) is 29.2. The van der Waals surface area contributed by atoms with Crippen molar-refractivity contribution in [2.45, 2.75) is 52.2 Å². The predicted molar refractivity (Wildman–Crippen MR) is 97.7 cm³/mol. The van der Waals surface area contributed by atoms with Gasteiger partial charge in [0.05, 0.1) is 19.1 Å². The second-order valence-electron chi connectivity index (χ2n) is 9.31. The van der Waals surface area contributed by atoms with E-state index in [1.807, 2.05) is 30.6 Å². The molecule has 3 amide bonds. The SMILES string of the molecule is CC(C)(C)CC(O)CC(=O)N1C[C@@H]2CN(C(=O)[C@@H]3CCOC(=O)N3)C[C@@H]2C1. The number of amides is 3. The Hall–Kier alpha value is -1.83. The van der Waals surface area contributed by atoms with Crippen LogP contribution in [0.2, 0.25) is 0 Å². The highest BCUT2D eigenvalue weighted by molar-refractivity contribution is 5.86. The molecule has 27 heavy (non-hydrogen) atoms. The van der Waals surface area contributed by atoms with Gasteiger partial charge < -0.3 is 25.0 Å². The van der Waals surface area contributed by atoms with E-state index in [1.165, 1.54) is 0 Å². The molecule has 1 unspecified atom stereocenters. The van der Waals surface area contributed by atoms with Gasteiger partial charge in [0, 0.05) is 44.4 Å². The number of ether oxygens (including phenoxy) is 1. The van der Waals surface area contributed by atoms with Crippen LogP contribution in [0.25, 0.3) is 0 Å². The summed E-state index contributed by atoms with van der Waals surface area (Å²) in [5, 5.41) is 12.7. The summed E-state index contributed by atoms with van der Waals surface area (Å²) in [5.74, 6) is 0.483. The van der Waals surface area contributed by atoms with Gasteiger partial charge >= 0.3 is 6.09 Å². The van der Waals surface area contributed by atoms with Crippen LogP contribution in [0.3, 0.4) is 0 Å². The number of aliphatic hydroxyl groups is 1. The molecule has 4 atom stereocenters. The lowest BCUT2D eigenvalue weighted by Gasteiger charge is -2.28. The summed E-state index contributed by atoms with van der Waals surface area (Å²) in [7, 11) is 0. The van der Waals surface area contributed by atoms with Gasteiger partial charge in [-0.2, -0.15) is 0 Å². The molecule has 0 aromatic rings. The summed E-state index contributed by atoms with van der Waals surface area (Å²) >= 11 is 0. The van der Waals surface area contributed by atoms with Gasteiger partial charge in [0.25, 0.3) is 0 Å².